The fourth-order valence-electron chi connectivity index (χ4n) is 2.88. The van der Waals surface area contributed by atoms with Gasteiger partial charge in [0.1, 0.15) is 5.82 Å². The first-order valence-corrected chi connectivity index (χ1v) is 8.20. The predicted octanol–water partition coefficient (Wildman–Crippen LogP) is 2.94. The largest absolute Gasteiger partial charge is 0.312 e. The van der Waals surface area contributed by atoms with Gasteiger partial charge in [-0.1, -0.05) is 25.1 Å². The smallest absolute Gasteiger partial charge is 0.230 e. The van der Waals surface area contributed by atoms with Crippen molar-refractivity contribution in [3.8, 4) is 0 Å². The standard InChI is InChI=1S/C19H21N3O2/c1-3-14-6-8-16(9-7-14)22-12-15(11-17(22)23)19(24)21-18-13(2)5-4-10-20-18/h4-10,15H,3,11-12H2,1-2H3,(H,20,21,24)/t15-/m0/s1. The highest BCUT2D eigenvalue weighted by Crippen LogP contribution is 2.26. The summed E-state index contributed by atoms with van der Waals surface area (Å²) in [6, 6.07) is 11.6. The lowest BCUT2D eigenvalue weighted by Crippen LogP contribution is -2.28. The number of nitrogens with one attached hydrogen (secondary N) is 1. The second-order valence-corrected chi connectivity index (χ2v) is 6.08. The van der Waals surface area contributed by atoms with Gasteiger partial charge < -0.3 is 10.2 Å². The van der Waals surface area contributed by atoms with E-state index in [9.17, 15) is 9.59 Å². The number of rotatable bonds is 4. The summed E-state index contributed by atoms with van der Waals surface area (Å²) < 4.78 is 0. The van der Waals surface area contributed by atoms with Crippen LogP contribution in [0.3, 0.4) is 0 Å². The summed E-state index contributed by atoms with van der Waals surface area (Å²) in [4.78, 5) is 30.6. The number of carbonyl (C=O) groups is 2. The van der Waals surface area contributed by atoms with Gasteiger partial charge in [0.15, 0.2) is 0 Å². The third-order valence-corrected chi connectivity index (χ3v) is 4.40. The minimum Gasteiger partial charge on any atom is -0.312 e. The summed E-state index contributed by atoms with van der Waals surface area (Å²) in [6.45, 7) is 4.39. The van der Waals surface area contributed by atoms with E-state index in [0.29, 0.717) is 12.4 Å². The first-order chi connectivity index (χ1) is 11.6. The Hall–Kier alpha value is -2.69. The molecule has 0 bridgehead atoms. The molecule has 0 radical (unpaired) electrons. The molecule has 5 heteroatoms. The van der Waals surface area contributed by atoms with Crippen molar-refractivity contribution in [2.24, 2.45) is 5.92 Å². The second kappa shape index (κ2) is 6.83. The number of anilines is 2. The van der Waals surface area contributed by atoms with E-state index >= 15 is 0 Å². The van der Waals surface area contributed by atoms with Crippen LogP contribution >= 0.6 is 0 Å². The number of benzene rings is 1. The van der Waals surface area contributed by atoms with Crippen LogP contribution in [0.2, 0.25) is 0 Å². The first-order valence-electron chi connectivity index (χ1n) is 8.20. The summed E-state index contributed by atoms with van der Waals surface area (Å²) >= 11 is 0. The van der Waals surface area contributed by atoms with Crippen LogP contribution in [-0.2, 0) is 16.0 Å². The van der Waals surface area contributed by atoms with Crippen molar-refractivity contribution in [2.45, 2.75) is 26.7 Å². The second-order valence-electron chi connectivity index (χ2n) is 6.08. The van der Waals surface area contributed by atoms with Gasteiger partial charge in [0.05, 0.1) is 5.92 Å². The predicted molar refractivity (Wildman–Crippen MR) is 93.9 cm³/mol. The van der Waals surface area contributed by atoms with Gasteiger partial charge in [-0.15, -0.1) is 0 Å². The molecule has 1 N–H and O–H groups in total. The Labute approximate surface area is 141 Å². The fourth-order valence-corrected chi connectivity index (χ4v) is 2.88. The summed E-state index contributed by atoms with van der Waals surface area (Å²) in [6.07, 6.45) is 2.83. The normalized spacial score (nSPS) is 17.2. The minimum atomic E-state index is -0.357. The molecule has 1 aliphatic heterocycles. The molecular formula is C19H21N3O2. The highest BCUT2D eigenvalue weighted by molar-refractivity contribution is 6.03. The molecular weight excluding hydrogens is 302 g/mol. The van der Waals surface area contributed by atoms with Crippen LogP contribution in [0, 0.1) is 12.8 Å². The van der Waals surface area contributed by atoms with Crippen molar-refractivity contribution in [3.05, 3.63) is 53.7 Å². The van der Waals surface area contributed by atoms with E-state index in [-0.39, 0.29) is 24.2 Å². The van der Waals surface area contributed by atoms with Crippen LogP contribution in [-0.4, -0.2) is 23.3 Å². The van der Waals surface area contributed by atoms with Crippen LogP contribution in [0.5, 0.6) is 0 Å². The number of aromatic nitrogens is 1. The van der Waals surface area contributed by atoms with Gasteiger partial charge >= 0.3 is 0 Å². The topological polar surface area (TPSA) is 62.3 Å². The molecule has 1 saturated heterocycles. The molecule has 3 rings (SSSR count). The van der Waals surface area contributed by atoms with Crippen molar-refractivity contribution < 1.29 is 9.59 Å². The van der Waals surface area contributed by atoms with Gasteiger partial charge in [0.2, 0.25) is 11.8 Å². The molecule has 5 nitrogen and oxygen atoms in total. The van der Waals surface area contributed by atoms with Gasteiger partial charge in [0, 0.05) is 24.8 Å². The van der Waals surface area contributed by atoms with Gasteiger partial charge in [-0.2, -0.15) is 0 Å². The van der Waals surface area contributed by atoms with Crippen molar-refractivity contribution in [1.29, 1.82) is 0 Å². The molecule has 0 unspecified atom stereocenters. The van der Waals surface area contributed by atoms with E-state index in [1.165, 1.54) is 5.56 Å². The van der Waals surface area contributed by atoms with E-state index in [2.05, 4.69) is 17.2 Å². The van der Waals surface area contributed by atoms with Crippen molar-refractivity contribution in [3.63, 3.8) is 0 Å². The van der Waals surface area contributed by atoms with Crippen LogP contribution in [0.15, 0.2) is 42.6 Å². The summed E-state index contributed by atoms with van der Waals surface area (Å²) in [5.74, 6) is 0.0282. The lowest BCUT2D eigenvalue weighted by atomic mass is 10.1. The van der Waals surface area contributed by atoms with E-state index in [4.69, 9.17) is 0 Å². The number of hydrogen-bond acceptors (Lipinski definition) is 3. The lowest BCUT2D eigenvalue weighted by molar-refractivity contribution is -0.122. The van der Waals surface area contributed by atoms with E-state index in [0.717, 1.165) is 17.7 Å². The van der Waals surface area contributed by atoms with Crippen molar-refractivity contribution in [1.82, 2.24) is 4.98 Å². The Morgan fingerprint density at radius 2 is 2.04 bits per heavy atom. The van der Waals surface area contributed by atoms with E-state index in [1.54, 1.807) is 11.1 Å². The molecule has 0 spiro atoms. The molecule has 2 aromatic rings. The molecule has 0 aliphatic carbocycles. The third-order valence-electron chi connectivity index (χ3n) is 4.40. The minimum absolute atomic E-state index is 0.0165. The Balaban J connectivity index is 1.69. The van der Waals surface area contributed by atoms with Crippen LogP contribution in [0.25, 0.3) is 0 Å². The van der Waals surface area contributed by atoms with Gasteiger partial charge in [-0.05, 0) is 42.7 Å². The maximum atomic E-state index is 12.5. The van der Waals surface area contributed by atoms with Gasteiger partial charge in [-0.25, -0.2) is 4.98 Å². The molecule has 2 amide bonds. The Morgan fingerprint density at radius 1 is 1.29 bits per heavy atom. The number of pyridine rings is 1. The first kappa shape index (κ1) is 16.2. The van der Waals surface area contributed by atoms with Crippen molar-refractivity contribution in [2.75, 3.05) is 16.8 Å². The monoisotopic (exact) mass is 323 g/mol. The number of amides is 2. The molecule has 124 valence electrons. The third kappa shape index (κ3) is 3.30. The maximum absolute atomic E-state index is 12.5. The van der Waals surface area contributed by atoms with Crippen LogP contribution in [0.1, 0.15) is 24.5 Å². The zero-order valence-corrected chi connectivity index (χ0v) is 14.0. The highest BCUT2D eigenvalue weighted by Gasteiger charge is 2.35. The zero-order chi connectivity index (χ0) is 17.1. The average molecular weight is 323 g/mol. The van der Waals surface area contributed by atoms with Crippen LogP contribution < -0.4 is 10.2 Å². The number of nitrogens with zero attached hydrogens (tertiary/aromatic N) is 2. The SMILES string of the molecule is CCc1ccc(N2C[C@@H](C(=O)Nc3ncccc3C)CC2=O)cc1. The van der Waals surface area contributed by atoms with Gasteiger partial charge in [0.25, 0.3) is 0 Å². The fraction of sp³-hybridized carbons (Fsp3) is 0.316. The molecule has 1 fully saturated rings. The summed E-state index contributed by atoms with van der Waals surface area (Å²) in [5.41, 5.74) is 2.98. The molecule has 2 heterocycles. The van der Waals surface area contributed by atoms with E-state index < -0.39 is 0 Å². The maximum Gasteiger partial charge on any atom is 0.230 e. The highest BCUT2D eigenvalue weighted by atomic mass is 16.2. The van der Waals surface area contributed by atoms with Crippen molar-refractivity contribution >= 4 is 23.3 Å². The Bertz CT molecular complexity index is 755. The molecule has 1 atom stereocenters. The molecule has 1 aromatic heterocycles. The molecule has 1 aromatic carbocycles. The number of aryl methyl sites for hydroxylation is 2. The molecule has 0 saturated carbocycles. The van der Waals surface area contributed by atoms with E-state index in [1.807, 2.05) is 43.3 Å². The Morgan fingerprint density at radius 3 is 2.71 bits per heavy atom. The quantitative estimate of drug-likeness (QED) is 0.941. The van der Waals surface area contributed by atoms with Gasteiger partial charge in [-0.3, -0.25) is 9.59 Å². The number of hydrogen-bond donors (Lipinski definition) is 1. The summed E-state index contributed by atoms with van der Waals surface area (Å²) in [5, 5.41) is 2.83. The molecule has 1 aliphatic rings. The Kier molecular flexibility index (Phi) is 4.60. The number of carbonyl (C=O) groups excluding carboxylic acids is 2. The molecule has 24 heavy (non-hydrogen) atoms. The zero-order valence-electron chi connectivity index (χ0n) is 14.0. The average Bonchev–Trinajstić information content (AvgIpc) is 2.99. The summed E-state index contributed by atoms with van der Waals surface area (Å²) in [7, 11) is 0. The van der Waals surface area contributed by atoms with Crippen LogP contribution in [0.4, 0.5) is 11.5 Å². The lowest BCUT2D eigenvalue weighted by Gasteiger charge is -2.17.